The zero-order valence-corrected chi connectivity index (χ0v) is 10.9. The monoisotopic (exact) mass is 284 g/mol. The highest BCUT2D eigenvalue weighted by atomic mass is 35.5. The standard InChI is InChI=1S/C12H13ClN2O4/c1-19-12(18)6-2-3-7-8(4-6)14-15-10(7)11(17)9(16)5-13/h2-4,9,11,16-17H,5H2,1H3,(H,14,15). The maximum atomic E-state index is 11.4. The number of rotatable bonds is 4. The normalized spacial score (nSPS) is 14.3. The molecule has 0 saturated heterocycles. The summed E-state index contributed by atoms with van der Waals surface area (Å²) in [7, 11) is 1.29. The number of aliphatic hydroxyl groups is 2. The van der Waals surface area contributed by atoms with Crippen LogP contribution >= 0.6 is 11.6 Å². The third-order valence-corrected chi connectivity index (χ3v) is 3.14. The molecule has 0 aliphatic heterocycles. The summed E-state index contributed by atoms with van der Waals surface area (Å²) in [5, 5.41) is 26.7. The number of aliphatic hydroxyl groups excluding tert-OH is 2. The number of aromatic amines is 1. The van der Waals surface area contributed by atoms with Crippen LogP contribution in [0, 0.1) is 0 Å². The van der Waals surface area contributed by atoms with Gasteiger partial charge in [-0.1, -0.05) is 0 Å². The average Bonchev–Trinajstić information content (AvgIpc) is 2.87. The number of carbonyl (C=O) groups is 1. The first-order chi connectivity index (χ1) is 9.08. The topological polar surface area (TPSA) is 95.4 Å². The fraction of sp³-hybridized carbons (Fsp3) is 0.333. The van der Waals surface area contributed by atoms with Crippen molar-refractivity contribution in [1.29, 1.82) is 0 Å². The number of aromatic nitrogens is 2. The number of nitrogens with one attached hydrogen (secondary N) is 1. The van der Waals surface area contributed by atoms with E-state index in [9.17, 15) is 15.0 Å². The second-order valence-electron chi connectivity index (χ2n) is 4.03. The largest absolute Gasteiger partial charge is 0.465 e. The first-order valence-electron chi connectivity index (χ1n) is 5.57. The van der Waals surface area contributed by atoms with Gasteiger partial charge in [-0.25, -0.2) is 4.79 Å². The van der Waals surface area contributed by atoms with Crippen molar-refractivity contribution in [3.8, 4) is 0 Å². The van der Waals surface area contributed by atoms with E-state index in [1.54, 1.807) is 18.2 Å². The maximum Gasteiger partial charge on any atom is 0.337 e. The Balaban J connectivity index is 2.42. The van der Waals surface area contributed by atoms with Crippen molar-refractivity contribution in [1.82, 2.24) is 10.2 Å². The number of halogens is 1. The zero-order valence-electron chi connectivity index (χ0n) is 10.1. The summed E-state index contributed by atoms with van der Waals surface area (Å²) in [5.41, 5.74) is 1.22. The van der Waals surface area contributed by atoms with Gasteiger partial charge >= 0.3 is 5.97 Å². The number of fused-ring (bicyclic) bond motifs is 1. The number of alkyl halides is 1. The van der Waals surface area contributed by atoms with Crippen LogP contribution in [0.3, 0.4) is 0 Å². The van der Waals surface area contributed by atoms with Crippen molar-refractivity contribution < 1.29 is 19.7 Å². The Morgan fingerprint density at radius 2 is 2.26 bits per heavy atom. The molecule has 1 heterocycles. The Bertz CT molecular complexity index is 598. The van der Waals surface area contributed by atoms with Crippen molar-refractivity contribution in [3.63, 3.8) is 0 Å². The first-order valence-corrected chi connectivity index (χ1v) is 6.10. The number of esters is 1. The number of ether oxygens (including phenoxy) is 1. The quantitative estimate of drug-likeness (QED) is 0.575. The van der Waals surface area contributed by atoms with Crippen LogP contribution in [0.1, 0.15) is 22.2 Å². The molecular weight excluding hydrogens is 272 g/mol. The van der Waals surface area contributed by atoms with Gasteiger partial charge in [0.25, 0.3) is 0 Å². The molecule has 2 atom stereocenters. The highest BCUT2D eigenvalue weighted by molar-refractivity contribution is 6.18. The van der Waals surface area contributed by atoms with Crippen LogP contribution in [-0.4, -0.2) is 45.5 Å². The Morgan fingerprint density at radius 1 is 1.53 bits per heavy atom. The van der Waals surface area contributed by atoms with Crippen LogP contribution in [0.2, 0.25) is 0 Å². The lowest BCUT2D eigenvalue weighted by molar-refractivity contribution is 0.0308. The van der Waals surface area contributed by atoms with Gasteiger partial charge in [0, 0.05) is 5.39 Å². The summed E-state index contributed by atoms with van der Waals surface area (Å²) in [5.74, 6) is -0.560. The lowest BCUT2D eigenvalue weighted by atomic mass is 10.1. The number of hydrogen-bond donors (Lipinski definition) is 3. The zero-order chi connectivity index (χ0) is 14.0. The lowest BCUT2D eigenvalue weighted by Gasteiger charge is -2.13. The van der Waals surface area contributed by atoms with Crippen LogP contribution < -0.4 is 0 Å². The number of H-pyrrole nitrogens is 1. The highest BCUT2D eigenvalue weighted by Crippen LogP contribution is 2.25. The lowest BCUT2D eigenvalue weighted by Crippen LogP contribution is -2.20. The summed E-state index contributed by atoms with van der Waals surface area (Å²) in [4.78, 5) is 11.4. The van der Waals surface area contributed by atoms with Crippen molar-refractivity contribution >= 4 is 28.5 Å². The van der Waals surface area contributed by atoms with Gasteiger partial charge in [0.1, 0.15) is 6.10 Å². The van der Waals surface area contributed by atoms with E-state index in [4.69, 9.17) is 11.6 Å². The van der Waals surface area contributed by atoms with Gasteiger partial charge in [-0.3, -0.25) is 5.10 Å². The van der Waals surface area contributed by atoms with Gasteiger partial charge in [-0.15, -0.1) is 11.6 Å². The number of carbonyl (C=O) groups excluding carboxylic acids is 1. The van der Waals surface area contributed by atoms with E-state index >= 15 is 0 Å². The number of methoxy groups -OCH3 is 1. The van der Waals surface area contributed by atoms with E-state index in [1.807, 2.05) is 0 Å². The van der Waals surface area contributed by atoms with Crippen LogP contribution in [-0.2, 0) is 4.74 Å². The maximum absolute atomic E-state index is 11.4. The summed E-state index contributed by atoms with van der Waals surface area (Å²) >= 11 is 5.50. The van der Waals surface area contributed by atoms with Gasteiger partial charge in [0.15, 0.2) is 0 Å². The Kier molecular flexibility index (Phi) is 4.04. The van der Waals surface area contributed by atoms with Gasteiger partial charge in [0.2, 0.25) is 0 Å². The summed E-state index contributed by atoms with van der Waals surface area (Å²) in [6, 6.07) is 4.73. The number of hydrogen-bond acceptors (Lipinski definition) is 5. The third-order valence-electron chi connectivity index (χ3n) is 2.82. The Morgan fingerprint density at radius 3 is 2.89 bits per heavy atom. The molecule has 1 aromatic heterocycles. The van der Waals surface area contributed by atoms with E-state index in [2.05, 4.69) is 14.9 Å². The molecule has 19 heavy (non-hydrogen) atoms. The molecular formula is C12H13ClN2O4. The molecule has 0 aliphatic carbocycles. The average molecular weight is 285 g/mol. The molecule has 0 radical (unpaired) electrons. The van der Waals surface area contributed by atoms with Gasteiger partial charge in [0.05, 0.1) is 35.9 Å². The van der Waals surface area contributed by atoms with E-state index in [1.165, 1.54) is 7.11 Å². The fourth-order valence-electron chi connectivity index (χ4n) is 1.78. The Hall–Kier alpha value is -1.63. The molecule has 2 rings (SSSR count). The summed E-state index contributed by atoms with van der Waals surface area (Å²) < 4.78 is 4.61. The van der Waals surface area contributed by atoms with Crippen LogP contribution in [0.25, 0.3) is 10.9 Å². The predicted octanol–water partition coefficient (Wildman–Crippen LogP) is 0.983. The molecule has 0 amide bonds. The van der Waals surface area contributed by atoms with Gasteiger partial charge in [-0.2, -0.15) is 5.10 Å². The molecule has 2 unspecified atom stereocenters. The van der Waals surface area contributed by atoms with E-state index < -0.39 is 18.2 Å². The first kappa shape index (κ1) is 13.8. The smallest absolute Gasteiger partial charge is 0.337 e. The molecule has 0 fully saturated rings. The number of benzene rings is 1. The Labute approximate surface area is 114 Å². The van der Waals surface area contributed by atoms with E-state index in [0.717, 1.165) is 0 Å². The van der Waals surface area contributed by atoms with Crippen LogP contribution in [0.15, 0.2) is 18.2 Å². The predicted molar refractivity (Wildman–Crippen MR) is 69.1 cm³/mol. The van der Waals surface area contributed by atoms with E-state index in [0.29, 0.717) is 22.2 Å². The molecule has 0 spiro atoms. The molecule has 6 nitrogen and oxygen atoms in total. The molecule has 0 aliphatic rings. The molecule has 7 heteroatoms. The molecule has 1 aromatic carbocycles. The molecule has 102 valence electrons. The SMILES string of the molecule is COC(=O)c1ccc2c(C(O)C(O)CCl)[nH]nc2c1. The van der Waals surface area contributed by atoms with Crippen molar-refractivity contribution in [2.45, 2.75) is 12.2 Å². The van der Waals surface area contributed by atoms with Crippen molar-refractivity contribution in [2.75, 3.05) is 13.0 Å². The second-order valence-corrected chi connectivity index (χ2v) is 4.34. The second kappa shape index (κ2) is 5.56. The van der Waals surface area contributed by atoms with Crippen molar-refractivity contribution in [3.05, 3.63) is 29.5 Å². The minimum absolute atomic E-state index is 0.0953. The number of nitrogens with zero attached hydrogens (tertiary/aromatic N) is 1. The third kappa shape index (κ3) is 2.56. The van der Waals surface area contributed by atoms with E-state index in [-0.39, 0.29) is 5.88 Å². The molecule has 3 N–H and O–H groups in total. The minimum Gasteiger partial charge on any atom is -0.465 e. The van der Waals surface area contributed by atoms with Crippen LogP contribution in [0.4, 0.5) is 0 Å². The van der Waals surface area contributed by atoms with Crippen LogP contribution in [0.5, 0.6) is 0 Å². The fourth-order valence-corrected chi connectivity index (χ4v) is 1.95. The highest BCUT2D eigenvalue weighted by Gasteiger charge is 2.22. The van der Waals surface area contributed by atoms with Gasteiger partial charge in [-0.05, 0) is 18.2 Å². The minimum atomic E-state index is -1.16. The molecule has 0 bridgehead atoms. The van der Waals surface area contributed by atoms with Gasteiger partial charge < -0.3 is 14.9 Å². The van der Waals surface area contributed by atoms with Crippen molar-refractivity contribution in [2.24, 2.45) is 0 Å². The molecule has 0 saturated carbocycles. The summed E-state index contributed by atoms with van der Waals surface area (Å²) in [6.07, 6.45) is -2.25. The molecule has 2 aromatic rings. The summed E-state index contributed by atoms with van der Waals surface area (Å²) in [6.45, 7) is 0.